The molecule has 160 valence electrons. The Morgan fingerprint density at radius 1 is 0.935 bits per heavy atom. The molecule has 0 radical (unpaired) electrons. The van der Waals surface area contributed by atoms with Crippen molar-refractivity contribution in [1.29, 1.82) is 0 Å². The molecule has 3 aromatic carbocycles. The molecule has 0 bridgehead atoms. The maximum Gasteiger partial charge on any atom is 0.255 e. The van der Waals surface area contributed by atoms with Crippen molar-refractivity contribution < 1.29 is 14.3 Å². The molecule has 0 aliphatic rings. The lowest BCUT2D eigenvalue weighted by molar-refractivity contribution is -0.116. The molecule has 0 aromatic heterocycles. The fourth-order valence-electron chi connectivity index (χ4n) is 3.00. The summed E-state index contributed by atoms with van der Waals surface area (Å²) in [6.07, 6.45) is 1.97. The van der Waals surface area contributed by atoms with E-state index in [1.54, 1.807) is 36.4 Å². The van der Waals surface area contributed by atoms with Gasteiger partial charge in [0.1, 0.15) is 5.75 Å². The fourth-order valence-corrected chi connectivity index (χ4v) is 3.17. The standard InChI is InChI=1S/C25H25ClN2O3/c1-2-7-24(29)27-20-12-13-22(26)23(17-20)28-25(30)19-10-6-11-21(16-19)31-15-14-18-8-4-3-5-9-18/h3-6,8-13,16-17H,2,7,14-15H2,1H3,(H,27,29)(H,28,30). The molecule has 2 N–H and O–H groups in total. The number of ether oxygens (including phenoxy) is 1. The van der Waals surface area contributed by atoms with E-state index in [2.05, 4.69) is 22.8 Å². The summed E-state index contributed by atoms with van der Waals surface area (Å²) in [7, 11) is 0. The predicted molar refractivity (Wildman–Crippen MR) is 125 cm³/mol. The Kier molecular flexibility index (Phi) is 8.07. The summed E-state index contributed by atoms with van der Waals surface area (Å²) in [5.41, 5.74) is 2.65. The summed E-state index contributed by atoms with van der Waals surface area (Å²) in [4.78, 5) is 24.6. The van der Waals surface area contributed by atoms with E-state index in [4.69, 9.17) is 16.3 Å². The Bertz CT molecular complexity index is 1040. The Morgan fingerprint density at radius 3 is 2.52 bits per heavy atom. The van der Waals surface area contributed by atoms with Crippen LogP contribution in [0.5, 0.6) is 5.75 Å². The van der Waals surface area contributed by atoms with E-state index >= 15 is 0 Å². The zero-order valence-corrected chi connectivity index (χ0v) is 18.1. The lowest BCUT2D eigenvalue weighted by Gasteiger charge is -2.12. The van der Waals surface area contributed by atoms with E-state index in [1.165, 1.54) is 5.56 Å². The van der Waals surface area contributed by atoms with Crippen molar-refractivity contribution in [3.63, 3.8) is 0 Å². The van der Waals surface area contributed by atoms with Gasteiger partial charge in [0.25, 0.3) is 5.91 Å². The van der Waals surface area contributed by atoms with Crippen molar-refractivity contribution in [1.82, 2.24) is 0 Å². The molecule has 0 fully saturated rings. The number of amides is 2. The maximum atomic E-state index is 12.7. The van der Waals surface area contributed by atoms with E-state index < -0.39 is 0 Å². The number of nitrogens with one attached hydrogen (secondary N) is 2. The summed E-state index contributed by atoms with van der Waals surface area (Å²) in [6, 6.07) is 22.1. The van der Waals surface area contributed by atoms with Crippen LogP contribution in [0, 0.1) is 0 Å². The van der Waals surface area contributed by atoms with Gasteiger partial charge in [0, 0.05) is 24.1 Å². The first kappa shape index (κ1) is 22.4. The minimum absolute atomic E-state index is 0.0811. The van der Waals surface area contributed by atoms with Crippen molar-refractivity contribution in [2.75, 3.05) is 17.2 Å². The van der Waals surface area contributed by atoms with Crippen LogP contribution in [0.25, 0.3) is 0 Å². The van der Waals surface area contributed by atoms with Crippen LogP contribution < -0.4 is 15.4 Å². The van der Waals surface area contributed by atoms with Crippen LogP contribution >= 0.6 is 11.6 Å². The number of carbonyl (C=O) groups excluding carboxylic acids is 2. The number of anilines is 2. The molecular formula is C25H25ClN2O3. The molecule has 5 nitrogen and oxygen atoms in total. The second-order valence-electron chi connectivity index (χ2n) is 7.06. The minimum atomic E-state index is -0.313. The lowest BCUT2D eigenvalue weighted by Crippen LogP contribution is -2.14. The molecule has 0 aliphatic carbocycles. The summed E-state index contributed by atoms with van der Waals surface area (Å²) in [5.74, 6) is 0.227. The van der Waals surface area contributed by atoms with Gasteiger partial charge < -0.3 is 15.4 Å². The minimum Gasteiger partial charge on any atom is -0.493 e. The van der Waals surface area contributed by atoms with Crippen LogP contribution in [0.3, 0.4) is 0 Å². The Labute approximate surface area is 187 Å². The monoisotopic (exact) mass is 436 g/mol. The first-order valence-corrected chi connectivity index (χ1v) is 10.6. The van der Waals surface area contributed by atoms with Gasteiger partial charge in [-0.3, -0.25) is 9.59 Å². The molecule has 0 unspecified atom stereocenters. The fraction of sp³-hybridized carbons (Fsp3) is 0.200. The van der Waals surface area contributed by atoms with Gasteiger partial charge >= 0.3 is 0 Å². The summed E-state index contributed by atoms with van der Waals surface area (Å²) in [6.45, 7) is 2.45. The van der Waals surface area contributed by atoms with Crippen LogP contribution in [0.4, 0.5) is 11.4 Å². The molecule has 0 atom stereocenters. The van der Waals surface area contributed by atoms with E-state index in [0.29, 0.717) is 40.7 Å². The predicted octanol–water partition coefficient (Wildman–Crippen LogP) is 5.95. The quantitative estimate of drug-likeness (QED) is 0.435. The highest BCUT2D eigenvalue weighted by molar-refractivity contribution is 6.34. The van der Waals surface area contributed by atoms with Crippen molar-refractivity contribution in [2.24, 2.45) is 0 Å². The smallest absolute Gasteiger partial charge is 0.255 e. The van der Waals surface area contributed by atoms with Gasteiger partial charge in [0.2, 0.25) is 5.91 Å². The number of hydrogen-bond donors (Lipinski definition) is 2. The second-order valence-corrected chi connectivity index (χ2v) is 7.47. The number of carbonyl (C=O) groups is 2. The van der Waals surface area contributed by atoms with Gasteiger partial charge in [-0.2, -0.15) is 0 Å². The maximum absolute atomic E-state index is 12.7. The number of benzene rings is 3. The molecule has 6 heteroatoms. The van der Waals surface area contributed by atoms with Gasteiger partial charge in [-0.25, -0.2) is 0 Å². The molecule has 0 aliphatic heterocycles. The summed E-state index contributed by atoms with van der Waals surface area (Å²) >= 11 is 6.23. The third kappa shape index (κ3) is 6.86. The third-order valence-electron chi connectivity index (χ3n) is 4.57. The van der Waals surface area contributed by atoms with Gasteiger partial charge in [-0.05, 0) is 48.4 Å². The van der Waals surface area contributed by atoms with Gasteiger partial charge in [-0.1, -0.05) is 54.9 Å². The van der Waals surface area contributed by atoms with E-state index in [0.717, 1.165) is 12.8 Å². The topological polar surface area (TPSA) is 67.4 Å². The molecule has 0 heterocycles. The van der Waals surface area contributed by atoms with Gasteiger partial charge in [0.15, 0.2) is 0 Å². The van der Waals surface area contributed by atoms with E-state index in [1.807, 2.05) is 31.2 Å². The zero-order valence-electron chi connectivity index (χ0n) is 17.4. The Morgan fingerprint density at radius 2 is 1.74 bits per heavy atom. The first-order valence-electron chi connectivity index (χ1n) is 10.2. The number of halogens is 1. The molecule has 3 rings (SSSR count). The summed E-state index contributed by atoms with van der Waals surface area (Å²) < 4.78 is 5.81. The molecule has 0 saturated heterocycles. The molecule has 31 heavy (non-hydrogen) atoms. The molecule has 3 aromatic rings. The van der Waals surface area contributed by atoms with Gasteiger partial charge in [0.05, 0.1) is 17.3 Å². The van der Waals surface area contributed by atoms with E-state index in [9.17, 15) is 9.59 Å². The average Bonchev–Trinajstić information content (AvgIpc) is 2.77. The third-order valence-corrected chi connectivity index (χ3v) is 4.90. The van der Waals surface area contributed by atoms with Crippen molar-refractivity contribution >= 4 is 34.8 Å². The lowest BCUT2D eigenvalue weighted by atomic mass is 10.1. The van der Waals surface area contributed by atoms with E-state index in [-0.39, 0.29) is 11.8 Å². The number of hydrogen-bond acceptors (Lipinski definition) is 3. The van der Waals surface area contributed by atoms with Crippen LogP contribution in [0.15, 0.2) is 72.8 Å². The molecule has 0 saturated carbocycles. The first-order chi connectivity index (χ1) is 15.0. The molecular weight excluding hydrogens is 412 g/mol. The molecule has 0 spiro atoms. The highest BCUT2D eigenvalue weighted by Gasteiger charge is 2.11. The zero-order chi connectivity index (χ0) is 22.1. The summed E-state index contributed by atoms with van der Waals surface area (Å²) in [5, 5.41) is 5.99. The normalized spacial score (nSPS) is 10.4. The van der Waals surface area contributed by atoms with Crippen LogP contribution in [0.1, 0.15) is 35.7 Å². The Hall–Kier alpha value is -3.31. The van der Waals surface area contributed by atoms with Crippen molar-refractivity contribution in [2.45, 2.75) is 26.2 Å². The largest absolute Gasteiger partial charge is 0.493 e. The van der Waals surface area contributed by atoms with Crippen molar-refractivity contribution in [3.8, 4) is 5.75 Å². The number of rotatable bonds is 9. The average molecular weight is 437 g/mol. The van der Waals surface area contributed by atoms with Crippen molar-refractivity contribution in [3.05, 3.63) is 88.9 Å². The van der Waals surface area contributed by atoms with Crippen LogP contribution in [-0.4, -0.2) is 18.4 Å². The van der Waals surface area contributed by atoms with Crippen LogP contribution in [-0.2, 0) is 11.2 Å². The highest BCUT2D eigenvalue weighted by Crippen LogP contribution is 2.26. The second kappa shape index (κ2) is 11.2. The SMILES string of the molecule is CCCC(=O)Nc1ccc(Cl)c(NC(=O)c2cccc(OCCc3ccccc3)c2)c1. The highest BCUT2D eigenvalue weighted by atomic mass is 35.5. The molecule has 2 amide bonds. The Balaban J connectivity index is 1.62. The van der Waals surface area contributed by atoms with Gasteiger partial charge in [-0.15, -0.1) is 0 Å². The van der Waals surface area contributed by atoms with Crippen LogP contribution in [0.2, 0.25) is 5.02 Å².